The van der Waals surface area contributed by atoms with Crippen LogP contribution >= 0.6 is 0 Å². The molecule has 0 fully saturated rings. The Morgan fingerprint density at radius 1 is 1.35 bits per heavy atom. The van der Waals surface area contributed by atoms with Crippen molar-refractivity contribution in [3.8, 4) is 6.07 Å². The first-order valence-corrected chi connectivity index (χ1v) is 5.65. The summed E-state index contributed by atoms with van der Waals surface area (Å²) in [4.78, 5) is 11.5. The van der Waals surface area contributed by atoms with E-state index in [1.165, 1.54) is 0 Å². The summed E-state index contributed by atoms with van der Waals surface area (Å²) in [5.41, 5.74) is 1.31. The van der Waals surface area contributed by atoms with E-state index in [2.05, 4.69) is 10.6 Å². The van der Waals surface area contributed by atoms with Gasteiger partial charge in [0.05, 0.1) is 11.6 Å². The number of carbonyl (C=O) groups excluding carboxylic acids is 1. The lowest BCUT2D eigenvalue weighted by Crippen LogP contribution is -2.27. The standard InChI is InChI=1S/C13H17N3O/c1-10(2)15-8-7-13(17)16-12-5-3-11(9-14)4-6-12/h3-6,10,15H,7-8H2,1-2H3,(H,16,17). The predicted octanol–water partition coefficient (Wildman–Crippen LogP) is 1.88. The first-order valence-electron chi connectivity index (χ1n) is 5.65. The fourth-order valence-electron chi connectivity index (χ4n) is 1.33. The average molecular weight is 231 g/mol. The normalized spacial score (nSPS) is 10.0. The monoisotopic (exact) mass is 231 g/mol. The van der Waals surface area contributed by atoms with Crippen LogP contribution in [0.4, 0.5) is 5.69 Å². The number of rotatable bonds is 5. The third-order valence-electron chi connectivity index (χ3n) is 2.20. The van der Waals surface area contributed by atoms with Crippen molar-refractivity contribution in [3.63, 3.8) is 0 Å². The van der Waals surface area contributed by atoms with E-state index in [0.29, 0.717) is 24.6 Å². The number of benzene rings is 1. The highest BCUT2D eigenvalue weighted by Crippen LogP contribution is 2.08. The second kappa shape index (κ2) is 6.66. The minimum absolute atomic E-state index is 0.0251. The molecule has 1 amide bonds. The van der Waals surface area contributed by atoms with Gasteiger partial charge in [0, 0.05) is 24.7 Å². The van der Waals surface area contributed by atoms with Crippen LogP contribution < -0.4 is 10.6 Å². The fourth-order valence-corrected chi connectivity index (χ4v) is 1.33. The van der Waals surface area contributed by atoms with E-state index in [-0.39, 0.29) is 5.91 Å². The Kier molecular flexibility index (Phi) is 5.18. The largest absolute Gasteiger partial charge is 0.326 e. The van der Waals surface area contributed by atoms with Crippen LogP contribution in [0.1, 0.15) is 25.8 Å². The Morgan fingerprint density at radius 2 is 2.00 bits per heavy atom. The molecule has 0 atom stereocenters. The van der Waals surface area contributed by atoms with E-state index < -0.39 is 0 Å². The molecule has 17 heavy (non-hydrogen) atoms. The minimum atomic E-state index is -0.0251. The molecule has 0 aliphatic carbocycles. The smallest absolute Gasteiger partial charge is 0.225 e. The van der Waals surface area contributed by atoms with Crippen molar-refractivity contribution in [3.05, 3.63) is 29.8 Å². The van der Waals surface area contributed by atoms with Gasteiger partial charge in [-0.2, -0.15) is 5.26 Å². The maximum atomic E-state index is 11.5. The van der Waals surface area contributed by atoms with Crippen LogP contribution in [0.5, 0.6) is 0 Å². The molecule has 0 saturated heterocycles. The van der Waals surface area contributed by atoms with Crippen molar-refractivity contribution >= 4 is 11.6 Å². The zero-order valence-electron chi connectivity index (χ0n) is 10.2. The molecule has 0 bridgehead atoms. The van der Waals surface area contributed by atoms with Crippen molar-refractivity contribution in [2.75, 3.05) is 11.9 Å². The molecule has 90 valence electrons. The van der Waals surface area contributed by atoms with E-state index in [1.807, 2.05) is 19.9 Å². The molecule has 0 aliphatic rings. The quantitative estimate of drug-likeness (QED) is 0.813. The summed E-state index contributed by atoms with van der Waals surface area (Å²) < 4.78 is 0. The van der Waals surface area contributed by atoms with Crippen LogP contribution in [0.25, 0.3) is 0 Å². The lowest BCUT2D eigenvalue weighted by atomic mass is 10.2. The van der Waals surface area contributed by atoms with Gasteiger partial charge >= 0.3 is 0 Å². The van der Waals surface area contributed by atoms with Gasteiger partial charge in [-0.15, -0.1) is 0 Å². The summed E-state index contributed by atoms with van der Waals surface area (Å²) in [7, 11) is 0. The highest BCUT2D eigenvalue weighted by molar-refractivity contribution is 5.90. The van der Waals surface area contributed by atoms with Gasteiger partial charge in [0.15, 0.2) is 0 Å². The lowest BCUT2D eigenvalue weighted by Gasteiger charge is -2.08. The average Bonchev–Trinajstić information content (AvgIpc) is 2.29. The molecule has 4 heteroatoms. The van der Waals surface area contributed by atoms with Gasteiger partial charge in [0.25, 0.3) is 0 Å². The summed E-state index contributed by atoms with van der Waals surface area (Å²) in [6.07, 6.45) is 0.443. The van der Waals surface area contributed by atoms with Crippen molar-refractivity contribution in [2.24, 2.45) is 0 Å². The van der Waals surface area contributed by atoms with Gasteiger partial charge in [-0.3, -0.25) is 4.79 Å². The zero-order chi connectivity index (χ0) is 12.7. The molecule has 0 saturated carbocycles. The Morgan fingerprint density at radius 3 is 2.53 bits per heavy atom. The van der Waals surface area contributed by atoms with Crippen molar-refractivity contribution < 1.29 is 4.79 Å². The second-order valence-electron chi connectivity index (χ2n) is 4.10. The summed E-state index contributed by atoms with van der Waals surface area (Å²) in [5.74, 6) is -0.0251. The Hall–Kier alpha value is -1.86. The van der Waals surface area contributed by atoms with Crippen molar-refractivity contribution in [1.82, 2.24) is 5.32 Å². The molecule has 4 nitrogen and oxygen atoms in total. The van der Waals surface area contributed by atoms with E-state index >= 15 is 0 Å². The van der Waals surface area contributed by atoms with Crippen LogP contribution in [0.15, 0.2) is 24.3 Å². The van der Waals surface area contributed by atoms with Gasteiger partial charge in [0.1, 0.15) is 0 Å². The summed E-state index contributed by atoms with van der Waals surface area (Å²) in [6, 6.07) is 9.24. The number of hydrogen-bond acceptors (Lipinski definition) is 3. The maximum absolute atomic E-state index is 11.5. The predicted molar refractivity (Wildman–Crippen MR) is 67.5 cm³/mol. The summed E-state index contributed by atoms with van der Waals surface area (Å²) in [6.45, 7) is 4.75. The first kappa shape index (κ1) is 13.2. The van der Waals surface area contributed by atoms with Crippen LogP contribution in [-0.4, -0.2) is 18.5 Å². The van der Waals surface area contributed by atoms with Crippen LogP contribution in [0.2, 0.25) is 0 Å². The molecule has 0 radical (unpaired) electrons. The molecule has 0 aromatic heterocycles. The molecular weight excluding hydrogens is 214 g/mol. The Balaban J connectivity index is 2.37. The number of nitrogens with one attached hydrogen (secondary N) is 2. The Labute approximate surface area is 102 Å². The zero-order valence-corrected chi connectivity index (χ0v) is 10.2. The minimum Gasteiger partial charge on any atom is -0.326 e. The molecule has 1 rings (SSSR count). The van der Waals surface area contributed by atoms with E-state index in [9.17, 15) is 4.79 Å². The van der Waals surface area contributed by atoms with E-state index in [0.717, 1.165) is 5.69 Å². The molecule has 2 N–H and O–H groups in total. The lowest BCUT2D eigenvalue weighted by molar-refractivity contribution is -0.116. The number of nitriles is 1. The van der Waals surface area contributed by atoms with E-state index in [4.69, 9.17) is 5.26 Å². The SMILES string of the molecule is CC(C)NCCC(=O)Nc1ccc(C#N)cc1. The molecule has 0 unspecified atom stereocenters. The number of anilines is 1. The van der Waals surface area contributed by atoms with Crippen LogP contribution in [0.3, 0.4) is 0 Å². The van der Waals surface area contributed by atoms with E-state index in [1.54, 1.807) is 24.3 Å². The van der Waals surface area contributed by atoms with Crippen LogP contribution in [-0.2, 0) is 4.79 Å². The summed E-state index contributed by atoms with van der Waals surface area (Å²) >= 11 is 0. The van der Waals surface area contributed by atoms with Gasteiger partial charge < -0.3 is 10.6 Å². The van der Waals surface area contributed by atoms with Gasteiger partial charge in [0.2, 0.25) is 5.91 Å². The fraction of sp³-hybridized carbons (Fsp3) is 0.385. The van der Waals surface area contributed by atoms with Crippen molar-refractivity contribution in [1.29, 1.82) is 5.26 Å². The molecule has 0 aliphatic heterocycles. The molecule has 0 spiro atoms. The molecule has 1 aromatic carbocycles. The van der Waals surface area contributed by atoms with Gasteiger partial charge in [-0.1, -0.05) is 13.8 Å². The Bertz CT molecular complexity index is 404. The van der Waals surface area contributed by atoms with Crippen LogP contribution in [0, 0.1) is 11.3 Å². The van der Waals surface area contributed by atoms with Crippen molar-refractivity contribution in [2.45, 2.75) is 26.3 Å². The van der Waals surface area contributed by atoms with Gasteiger partial charge in [-0.05, 0) is 24.3 Å². The molecule has 1 aromatic rings. The number of amides is 1. The number of hydrogen-bond donors (Lipinski definition) is 2. The third kappa shape index (κ3) is 5.14. The summed E-state index contributed by atoms with van der Waals surface area (Å²) in [5, 5.41) is 14.6. The molecule has 0 heterocycles. The molecular formula is C13H17N3O. The number of carbonyl (C=O) groups is 1. The highest BCUT2D eigenvalue weighted by atomic mass is 16.1. The maximum Gasteiger partial charge on any atom is 0.225 e. The first-order chi connectivity index (χ1) is 8.11. The second-order valence-corrected chi connectivity index (χ2v) is 4.10. The highest BCUT2D eigenvalue weighted by Gasteiger charge is 2.02. The third-order valence-corrected chi connectivity index (χ3v) is 2.20. The van der Waals surface area contributed by atoms with Gasteiger partial charge in [-0.25, -0.2) is 0 Å². The topological polar surface area (TPSA) is 64.9 Å². The number of nitrogens with zero attached hydrogens (tertiary/aromatic N) is 1.